The van der Waals surface area contributed by atoms with Crippen LogP contribution in [0.2, 0.25) is 0 Å². The molecule has 1 heterocycles. The SMILES string of the molecule is COCC(=O)Nc1ccc(Cn2cccn2)cc1. The van der Waals surface area contributed by atoms with E-state index in [1.165, 1.54) is 7.11 Å². The first-order valence-corrected chi connectivity index (χ1v) is 5.63. The Labute approximate surface area is 105 Å². The lowest BCUT2D eigenvalue weighted by Gasteiger charge is -2.06. The van der Waals surface area contributed by atoms with E-state index in [0.717, 1.165) is 17.8 Å². The van der Waals surface area contributed by atoms with Crippen molar-refractivity contribution in [2.45, 2.75) is 6.54 Å². The van der Waals surface area contributed by atoms with Gasteiger partial charge in [0.25, 0.3) is 0 Å². The lowest BCUT2D eigenvalue weighted by Crippen LogP contribution is -2.17. The number of anilines is 1. The van der Waals surface area contributed by atoms with E-state index in [0.29, 0.717) is 0 Å². The van der Waals surface area contributed by atoms with Gasteiger partial charge >= 0.3 is 0 Å². The molecule has 5 heteroatoms. The summed E-state index contributed by atoms with van der Waals surface area (Å²) < 4.78 is 6.59. The normalized spacial score (nSPS) is 10.3. The molecule has 0 saturated carbocycles. The fraction of sp³-hybridized carbons (Fsp3) is 0.231. The number of hydrogen-bond donors (Lipinski definition) is 1. The molecular weight excluding hydrogens is 230 g/mol. The van der Waals surface area contributed by atoms with E-state index in [1.54, 1.807) is 6.20 Å². The van der Waals surface area contributed by atoms with Crippen molar-refractivity contribution in [2.75, 3.05) is 19.0 Å². The van der Waals surface area contributed by atoms with E-state index >= 15 is 0 Å². The maximum atomic E-state index is 11.3. The molecule has 0 unspecified atom stereocenters. The fourth-order valence-corrected chi connectivity index (χ4v) is 1.60. The Balaban J connectivity index is 1.95. The Morgan fingerprint density at radius 2 is 2.17 bits per heavy atom. The molecule has 0 aliphatic rings. The third-order valence-electron chi connectivity index (χ3n) is 2.42. The summed E-state index contributed by atoms with van der Waals surface area (Å²) in [4.78, 5) is 11.3. The van der Waals surface area contributed by atoms with E-state index in [9.17, 15) is 4.79 Å². The number of ether oxygens (including phenoxy) is 1. The van der Waals surface area contributed by atoms with Crippen LogP contribution in [0.3, 0.4) is 0 Å². The summed E-state index contributed by atoms with van der Waals surface area (Å²) >= 11 is 0. The molecule has 1 amide bonds. The molecule has 0 radical (unpaired) electrons. The minimum atomic E-state index is -0.155. The lowest BCUT2D eigenvalue weighted by atomic mass is 10.2. The number of rotatable bonds is 5. The summed E-state index contributed by atoms with van der Waals surface area (Å²) in [6.45, 7) is 0.786. The quantitative estimate of drug-likeness (QED) is 0.868. The second-order valence-corrected chi connectivity index (χ2v) is 3.88. The van der Waals surface area contributed by atoms with Crippen LogP contribution in [0, 0.1) is 0 Å². The predicted molar refractivity (Wildman–Crippen MR) is 68.3 cm³/mol. The molecule has 0 saturated heterocycles. The molecule has 1 aromatic heterocycles. The minimum absolute atomic E-state index is 0.0645. The third-order valence-corrected chi connectivity index (χ3v) is 2.42. The molecule has 1 aromatic carbocycles. The first-order valence-electron chi connectivity index (χ1n) is 5.63. The molecule has 1 N–H and O–H groups in total. The first-order chi connectivity index (χ1) is 8.78. The Morgan fingerprint density at radius 3 is 2.78 bits per heavy atom. The van der Waals surface area contributed by atoms with Gasteiger partial charge in [-0.05, 0) is 23.8 Å². The molecule has 0 spiro atoms. The van der Waals surface area contributed by atoms with Gasteiger partial charge < -0.3 is 10.1 Å². The molecule has 0 atom stereocenters. The highest BCUT2D eigenvalue weighted by Crippen LogP contribution is 2.10. The molecule has 5 nitrogen and oxygen atoms in total. The number of nitrogens with one attached hydrogen (secondary N) is 1. The zero-order valence-corrected chi connectivity index (χ0v) is 10.2. The molecular formula is C13H15N3O2. The number of amides is 1. The molecule has 2 aromatic rings. The fourth-order valence-electron chi connectivity index (χ4n) is 1.60. The van der Waals surface area contributed by atoms with Gasteiger partial charge in [0.1, 0.15) is 6.61 Å². The average Bonchev–Trinajstić information content (AvgIpc) is 2.85. The van der Waals surface area contributed by atoms with Gasteiger partial charge in [-0.25, -0.2) is 0 Å². The number of carbonyl (C=O) groups is 1. The van der Waals surface area contributed by atoms with Crippen LogP contribution < -0.4 is 5.32 Å². The second-order valence-electron chi connectivity index (χ2n) is 3.88. The summed E-state index contributed by atoms with van der Waals surface area (Å²) in [5, 5.41) is 6.88. The first kappa shape index (κ1) is 12.3. The van der Waals surface area contributed by atoms with Gasteiger partial charge in [-0.1, -0.05) is 12.1 Å². The largest absolute Gasteiger partial charge is 0.375 e. The predicted octanol–water partition coefficient (Wildman–Crippen LogP) is 1.52. The number of aromatic nitrogens is 2. The summed E-state index contributed by atoms with van der Waals surface area (Å²) in [6.07, 6.45) is 3.66. The van der Waals surface area contributed by atoms with Crippen LogP contribution in [0.4, 0.5) is 5.69 Å². The molecule has 0 aliphatic carbocycles. The van der Waals surface area contributed by atoms with Gasteiger partial charge in [-0.3, -0.25) is 9.48 Å². The number of hydrogen-bond acceptors (Lipinski definition) is 3. The van der Waals surface area contributed by atoms with Gasteiger partial charge in [0.05, 0.1) is 6.54 Å². The monoisotopic (exact) mass is 245 g/mol. The molecule has 2 rings (SSSR count). The topological polar surface area (TPSA) is 56.1 Å². The Bertz CT molecular complexity index is 491. The van der Waals surface area contributed by atoms with Gasteiger partial charge in [-0.15, -0.1) is 0 Å². The molecule has 0 aliphatic heterocycles. The standard InChI is InChI=1S/C13H15N3O2/c1-18-10-13(17)15-12-5-3-11(4-6-12)9-16-8-2-7-14-16/h2-8H,9-10H2,1H3,(H,15,17). The highest BCUT2D eigenvalue weighted by Gasteiger charge is 2.01. The van der Waals surface area contributed by atoms with Crippen LogP contribution in [0.1, 0.15) is 5.56 Å². The summed E-state index contributed by atoms with van der Waals surface area (Å²) in [5.41, 5.74) is 1.89. The van der Waals surface area contributed by atoms with Gasteiger partial charge in [-0.2, -0.15) is 5.10 Å². The second kappa shape index (κ2) is 5.97. The number of nitrogens with zero attached hydrogens (tertiary/aromatic N) is 2. The van der Waals surface area contributed by atoms with Gasteiger partial charge in [0.2, 0.25) is 5.91 Å². The number of methoxy groups -OCH3 is 1. The average molecular weight is 245 g/mol. The van der Waals surface area contributed by atoms with Crippen LogP contribution in [0.15, 0.2) is 42.7 Å². The van der Waals surface area contributed by atoms with Crippen LogP contribution in [0.25, 0.3) is 0 Å². The lowest BCUT2D eigenvalue weighted by molar-refractivity contribution is -0.119. The number of carbonyl (C=O) groups excluding carboxylic acids is 1. The van der Waals surface area contributed by atoms with Crippen molar-refractivity contribution < 1.29 is 9.53 Å². The zero-order chi connectivity index (χ0) is 12.8. The van der Waals surface area contributed by atoms with Crippen LogP contribution in [-0.4, -0.2) is 29.4 Å². The van der Waals surface area contributed by atoms with E-state index in [1.807, 2.05) is 41.2 Å². The van der Waals surface area contributed by atoms with E-state index in [-0.39, 0.29) is 12.5 Å². The molecule has 0 fully saturated rings. The Kier molecular flexibility index (Phi) is 4.09. The summed E-state index contributed by atoms with van der Waals surface area (Å²) in [5.74, 6) is -0.155. The van der Waals surface area contributed by atoms with Crippen LogP contribution in [0.5, 0.6) is 0 Å². The van der Waals surface area contributed by atoms with Crippen molar-refractivity contribution in [3.05, 3.63) is 48.3 Å². The Hall–Kier alpha value is -2.14. The number of benzene rings is 1. The summed E-state index contributed by atoms with van der Waals surface area (Å²) in [7, 11) is 1.49. The maximum Gasteiger partial charge on any atom is 0.250 e. The summed E-state index contributed by atoms with van der Waals surface area (Å²) in [6, 6.07) is 9.55. The van der Waals surface area contributed by atoms with E-state index in [2.05, 4.69) is 10.4 Å². The molecule has 94 valence electrons. The minimum Gasteiger partial charge on any atom is -0.375 e. The van der Waals surface area contributed by atoms with Crippen molar-refractivity contribution in [1.82, 2.24) is 9.78 Å². The van der Waals surface area contributed by atoms with Crippen LogP contribution >= 0.6 is 0 Å². The van der Waals surface area contributed by atoms with Crippen molar-refractivity contribution in [2.24, 2.45) is 0 Å². The van der Waals surface area contributed by atoms with Crippen molar-refractivity contribution in [3.8, 4) is 0 Å². The highest BCUT2D eigenvalue weighted by atomic mass is 16.5. The zero-order valence-electron chi connectivity index (χ0n) is 10.2. The maximum absolute atomic E-state index is 11.3. The van der Waals surface area contributed by atoms with Gasteiger partial charge in [0, 0.05) is 25.2 Å². The van der Waals surface area contributed by atoms with Gasteiger partial charge in [0.15, 0.2) is 0 Å². The third kappa shape index (κ3) is 3.43. The Morgan fingerprint density at radius 1 is 1.39 bits per heavy atom. The van der Waals surface area contributed by atoms with Crippen molar-refractivity contribution >= 4 is 11.6 Å². The van der Waals surface area contributed by atoms with Crippen LogP contribution in [-0.2, 0) is 16.1 Å². The smallest absolute Gasteiger partial charge is 0.250 e. The highest BCUT2D eigenvalue weighted by molar-refractivity contribution is 5.91. The van der Waals surface area contributed by atoms with E-state index < -0.39 is 0 Å². The molecule has 0 bridgehead atoms. The van der Waals surface area contributed by atoms with Crippen molar-refractivity contribution in [3.63, 3.8) is 0 Å². The van der Waals surface area contributed by atoms with Crippen molar-refractivity contribution in [1.29, 1.82) is 0 Å². The molecule has 18 heavy (non-hydrogen) atoms. The van der Waals surface area contributed by atoms with E-state index in [4.69, 9.17) is 4.74 Å².